The fourth-order valence-electron chi connectivity index (χ4n) is 2.28. The summed E-state index contributed by atoms with van der Waals surface area (Å²) in [6, 6.07) is 9.78. The Morgan fingerprint density at radius 3 is 2.71 bits per heavy atom. The topological polar surface area (TPSA) is 58.6 Å². The summed E-state index contributed by atoms with van der Waals surface area (Å²) >= 11 is 2.05. The van der Waals surface area contributed by atoms with Crippen molar-refractivity contribution in [3.63, 3.8) is 0 Å². The maximum Gasteiger partial charge on any atom is 0.264 e. The third-order valence-corrected chi connectivity index (χ3v) is 4.37. The predicted octanol–water partition coefficient (Wildman–Crippen LogP) is 3.71. The summed E-state index contributed by atoms with van der Waals surface area (Å²) in [7, 11) is 0. The van der Waals surface area contributed by atoms with Gasteiger partial charge in [0.25, 0.3) is 5.56 Å². The molecule has 0 fully saturated rings. The van der Waals surface area contributed by atoms with E-state index in [1.165, 1.54) is 0 Å². The predicted molar refractivity (Wildman–Crippen MR) is 92.4 cm³/mol. The van der Waals surface area contributed by atoms with E-state index in [1.54, 1.807) is 6.20 Å². The molecule has 0 amide bonds. The number of nitrogens with one attached hydrogen (secondary N) is 1. The van der Waals surface area contributed by atoms with E-state index in [2.05, 4.69) is 37.5 Å². The molecule has 2 heterocycles. The van der Waals surface area contributed by atoms with Crippen molar-refractivity contribution in [2.75, 3.05) is 0 Å². The Balaban J connectivity index is 2.31. The second kappa shape index (κ2) is 5.55. The van der Waals surface area contributed by atoms with Crippen LogP contribution in [0.4, 0.5) is 0 Å². The van der Waals surface area contributed by atoms with E-state index in [-0.39, 0.29) is 11.5 Å². The number of aromatic amines is 1. The molecule has 0 atom stereocenters. The second-order valence-electron chi connectivity index (χ2n) is 5.15. The zero-order chi connectivity index (χ0) is 15.0. The van der Waals surface area contributed by atoms with Gasteiger partial charge in [0.15, 0.2) is 0 Å². The number of H-pyrrole nitrogens is 1. The van der Waals surface area contributed by atoms with Gasteiger partial charge in [0.1, 0.15) is 5.82 Å². The summed E-state index contributed by atoms with van der Waals surface area (Å²) in [5.74, 6) is 0.773. The number of benzene rings is 1. The Bertz CT molecular complexity index is 866. The molecular formula is C16H14IN3O. The van der Waals surface area contributed by atoms with Crippen LogP contribution in [0.15, 0.2) is 41.3 Å². The van der Waals surface area contributed by atoms with Gasteiger partial charge in [-0.25, -0.2) is 4.98 Å². The molecule has 1 N–H and O–H groups in total. The summed E-state index contributed by atoms with van der Waals surface area (Å²) in [6.45, 7) is 4.07. The molecule has 4 nitrogen and oxygen atoms in total. The molecule has 0 aliphatic heterocycles. The van der Waals surface area contributed by atoms with Gasteiger partial charge in [-0.1, -0.05) is 32.0 Å². The SMILES string of the molecule is CC(C)c1nc(-c2cccc3cccnc23)[nH]c(=O)c1I. The number of nitrogens with zero attached hydrogens (tertiary/aromatic N) is 2. The van der Waals surface area contributed by atoms with Crippen LogP contribution in [-0.2, 0) is 0 Å². The van der Waals surface area contributed by atoms with Gasteiger partial charge in [-0.3, -0.25) is 9.78 Å². The Hall–Kier alpha value is -1.76. The number of hydrogen-bond donors (Lipinski definition) is 1. The number of pyridine rings is 1. The normalized spacial score (nSPS) is 11.2. The van der Waals surface area contributed by atoms with Crippen LogP contribution in [0, 0.1) is 3.57 Å². The highest BCUT2D eigenvalue weighted by Gasteiger charge is 2.14. The Kier molecular flexibility index (Phi) is 3.75. The molecule has 0 radical (unpaired) electrons. The van der Waals surface area contributed by atoms with Gasteiger partial charge in [-0.15, -0.1) is 0 Å². The number of fused-ring (bicyclic) bond motifs is 1. The fourth-order valence-corrected chi connectivity index (χ4v) is 3.16. The van der Waals surface area contributed by atoms with Crippen molar-refractivity contribution < 1.29 is 0 Å². The molecule has 0 bridgehead atoms. The van der Waals surface area contributed by atoms with Gasteiger partial charge < -0.3 is 4.98 Å². The van der Waals surface area contributed by atoms with E-state index >= 15 is 0 Å². The monoisotopic (exact) mass is 391 g/mol. The maximum atomic E-state index is 12.2. The van der Waals surface area contributed by atoms with Crippen LogP contribution >= 0.6 is 22.6 Å². The van der Waals surface area contributed by atoms with Crippen LogP contribution in [0.25, 0.3) is 22.3 Å². The van der Waals surface area contributed by atoms with E-state index in [4.69, 9.17) is 0 Å². The molecule has 3 rings (SSSR count). The molecule has 0 saturated heterocycles. The molecular weight excluding hydrogens is 377 g/mol. The summed E-state index contributed by atoms with van der Waals surface area (Å²) in [4.78, 5) is 24.1. The summed E-state index contributed by atoms with van der Waals surface area (Å²) < 4.78 is 0.652. The Labute approximate surface area is 135 Å². The van der Waals surface area contributed by atoms with Crippen LogP contribution in [0.5, 0.6) is 0 Å². The minimum atomic E-state index is -0.0998. The lowest BCUT2D eigenvalue weighted by Gasteiger charge is -2.10. The lowest BCUT2D eigenvalue weighted by Crippen LogP contribution is -2.17. The van der Waals surface area contributed by atoms with E-state index < -0.39 is 0 Å². The van der Waals surface area contributed by atoms with Crippen molar-refractivity contribution in [2.24, 2.45) is 0 Å². The molecule has 0 aliphatic rings. The van der Waals surface area contributed by atoms with E-state index in [9.17, 15) is 4.79 Å². The second-order valence-corrected chi connectivity index (χ2v) is 6.23. The summed E-state index contributed by atoms with van der Waals surface area (Å²) in [6.07, 6.45) is 1.75. The molecule has 0 aliphatic carbocycles. The number of halogens is 1. The van der Waals surface area contributed by atoms with Crippen molar-refractivity contribution in [1.29, 1.82) is 0 Å². The lowest BCUT2D eigenvalue weighted by molar-refractivity contribution is 0.802. The Morgan fingerprint density at radius 1 is 1.19 bits per heavy atom. The molecule has 5 heteroatoms. The van der Waals surface area contributed by atoms with Gasteiger partial charge in [0.2, 0.25) is 0 Å². The smallest absolute Gasteiger partial charge is 0.264 e. The van der Waals surface area contributed by atoms with Crippen molar-refractivity contribution >= 4 is 33.5 Å². The van der Waals surface area contributed by atoms with Crippen LogP contribution in [-0.4, -0.2) is 15.0 Å². The third kappa shape index (κ3) is 2.57. The van der Waals surface area contributed by atoms with E-state index in [1.807, 2.05) is 44.2 Å². The first-order chi connectivity index (χ1) is 10.1. The highest BCUT2D eigenvalue weighted by molar-refractivity contribution is 14.1. The number of rotatable bonds is 2. The van der Waals surface area contributed by atoms with Crippen LogP contribution in [0.1, 0.15) is 25.5 Å². The molecule has 2 aromatic heterocycles. The molecule has 0 spiro atoms. The third-order valence-electron chi connectivity index (χ3n) is 3.32. The van der Waals surface area contributed by atoms with Gasteiger partial charge in [-0.05, 0) is 40.6 Å². The average molecular weight is 391 g/mol. The first-order valence-electron chi connectivity index (χ1n) is 6.71. The van der Waals surface area contributed by atoms with Crippen molar-refractivity contribution in [3.8, 4) is 11.4 Å². The van der Waals surface area contributed by atoms with Gasteiger partial charge in [0.05, 0.1) is 14.8 Å². The zero-order valence-electron chi connectivity index (χ0n) is 11.7. The standard InChI is InChI=1S/C16H14IN3O/c1-9(2)13-12(17)16(21)20-15(19-13)11-7-3-5-10-6-4-8-18-14(10)11/h3-9H,1-2H3,(H,19,20,21). The summed E-state index contributed by atoms with van der Waals surface area (Å²) in [5, 5.41) is 1.03. The van der Waals surface area contributed by atoms with Crippen LogP contribution in [0.2, 0.25) is 0 Å². The van der Waals surface area contributed by atoms with Crippen molar-refractivity contribution in [1.82, 2.24) is 15.0 Å². The fraction of sp³-hybridized carbons (Fsp3) is 0.188. The first-order valence-corrected chi connectivity index (χ1v) is 7.79. The molecule has 21 heavy (non-hydrogen) atoms. The number of hydrogen-bond acceptors (Lipinski definition) is 3. The van der Waals surface area contributed by atoms with Crippen molar-refractivity contribution in [2.45, 2.75) is 19.8 Å². The first kappa shape index (κ1) is 14.2. The summed E-state index contributed by atoms with van der Waals surface area (Å²) in [5.41, 5.74) is 2.42. The minimum Gasteiger partial charge on any atom is -0.306 e. The highest BCUT2D eigenvalue weighted by Crippen LogP contribution is 2.25. The zero-order valence-corrected chi connectivity index (χ0v) is 13.9. The van der Waals surface area contributed by atoms with Gasteiger partial charge in [-0.2, -0.15) is 0 Å². The van der Waals surface area contributed by atoms with E-state index in [0.29, 0.717) is 9.39 Å². The maximum absolute atomic E-state index is 12.2. The van der Waals surface area contributed by atoms with Gasteiger partial charge in [0, 0.05) is 17.1 Å². The minimum absolute atomic E-state index is 0.0998. The number of aromatic nitrogens is 3. The lowest BCUT2D eigenvalue weighted by atomic mass is 10.1. The van der Waals surface area contributed by atoms with Crippen molar-refractivity contribution in [3.05, 3.63) is 56.1 Å². The quantitative estimate of drug-likeness (QED) is 0.678. The average Bonchev–Trinajstić information content (AvgIpc) is 2.49. The van der Waals surface area contributed by atoms with Crippen LogP contribution in [0.3, 0.4) is 0 Å². The van der Waals surface area contributed by atoms with Crippen LogP contribution < -0.4 is 5.56 Å². The highest BCUT2D eigenvalue weighted by atomic mass is 127. The Morgan fingerprint density at radius 2 is 1.95 bits per heavy atom. The van der Waals surface area contributed by atoms with Gasteiger partial charge >= 0.3 is 0 Å². The largest absolute Gasteiger partial charge is 0.306 e. The number of para-hydroxylation sites is 1. The van der Waals surface area contributed by atoms with E-state index in [0.717, 1.165) is 22.2 Å². The molecule has 106 valence electrons. The molecule has 3 aromatic rings. The molecule has 1 aromatic carbocycles. The molecule has 0 saturated carbocycles. The molecule has 0 unspecified atom stereocenters.